The molecule has 1 heterocycles. The molecule has 0 aliphatic carbocycles. The van der Waals surface area contributed by atoms with Gasteiger partial charge < -0.3 is 0 Å². The minimum atomic E-state index is -3.69. The smallest absolute Gasteiger partial charge is 0.199 e. The molecule has 0 unspecified atom stereocenters. The van der Waals surface area contributed by atoms with E-state index in [0.29, 0.717) is 24.2 Å². The lowest BCUT2D eigenvalue weighted by Crippen LogP contribution is -2.16. The summed E-state index contributed by atoms with van der Waals surface area (Å²) in [6, 6.07) is 8.75. The fourth-order valence-electron chi connectivity index (χ4n) is 2.24. The summed E-state index contributed by atoms with van der Waals surface area (Å²) in [7, 11) is -3.69. The van der Waals surface area contributed by atoms with Gasteiger partial charge in [0.25, 0.3) is 10.0 Å². The van der Waals surface area contributed by atoms with Gasteiger partial charge in [-0.1, -0.05) is 17.7 Å². The highest BCUT2D eigenvalue weighted by Crippen LogP contribution is 2.21. The molecule has 0 atom stereocenters. The third kappa shape index (κ3) is 2.83. The Balaban J connectivity index is 2.51. The van der Waals surface area contributed by atoms with Crippen molar-refractivity contribution in [2.45, 2.75) is 38.5 Å². The van der Waals surface area contributed by atoms with Gasteiger partial charge in [-0.3, -0.25) is 0 Å². The third-order valence-electron chi connectivity index (χ3n) is 3.43. The molecule has 6 heteroatoms. The number of rotatable bonds is 4. The quantitative estimate of drug-likeness (QED) is 0.869. The van der Waals surface area contributed by atoms with E-state index in [1.807, 2.05) is 6.92 Å². The molecule has 110 valence electrons. The molecule has 2 rings (SSSR count). The summed E-state index contributed by atoms with van der Waals surface area (Å²) in [6.45, 7) is 5.39. The van der Waals surface area contributed by atoms with Crippen LogP contribution in [0.25, 0.3) is 0 Å². The van der Waals surface area contributed by atoms with Crippen LogP contribution in [-0.2, 0) is 16.4 Å². The zero-order valence-corrected chi connectivity index (χ0v) is 13.1. The van der Waals surface area contributed by atoms with Crippen LogP contribution < -0.4 is 0 Å². The number of aryl methyl sites for hydroxylation is 2. The predicted octanol–water partition coefficient (Wildman–Crippen LogP) is 2.50. The van der Waals surface area contributed by atoms with Gasteiger partial charge in [0.1, 0.15) is 0 Å². The maximum atomic E-state index is 12.6. The molecule has 0 N–H and O–H groups in total. The van der Waals surface area contributed by atoms with Crippen molar-refractivity contribution >= 4 is 10.0 Å². The molecule has 0 spiro atoms. The summed E-state index contributed by atoms with van der Waals surface area (Å²) in [5.41, 5.74) is 3.05. The third-order valence-corrected chi connectivity index (χ3v) is 5.11. The average molecular weight is 303 g/mol. The molecule has 0 saturated heterocycles. The van der Waals surface area contributed by atoms with Crippen LogP contribution in [-0.4, -0.2) is 17.6 Å². The van der Waals surface area contributed by atoms with Crippen LogP contribution in [0.3, 0.4) is 0 Å². The topological polar surface area (TPSA) is 75.8 Å². The highest BCUT2D eigenvalue weighted by Gasteiger charge is 2.23. The van der Waals surface area contributed by atoms with Gasteiger partial charge in [0.05, 0.1) is 22.4 Å². The molecule has 1 aromatic carbocycles. The van der Waals surface area contributed by atoms with Gasteiger partial charge in [-0.05, 0) is 44.9 Å². The van der Waals surface area contributed by atoms with Crippen molar-refractivity contribution in [1.29, 1.82) is 5.26 Å². The monoisotopic (exact) mass is 303 g/mol. The Morgan fingerprint density at radius 3 is 2.38 bits per heavy atom. The van der Waals surface area contributed by atoms with Crippen molar-refractivity contribution in [1.82, 2.24) is 9.19 Å². The largest absolute Gasteiger partial charge is 0.283 e. The van der Waals surface area contributed by atoms with E-state index in [0.717, 1.165) is 15.2 Å². The first kappa shape index (κ1) is 15.3. The van der Waals surface area contributed by atoms with Crippen LogP contribution >= 0.6 is 0 Å². The molecule has 0 amide bonds. The van der Waals surface area contributed by atoms with E-state index in [1.54, 1.807) is 38.1 Å². The first-order chi connectivity index (χ1) is 9.87. The standard InChI is InChI=1S/C15H17N3O2S/c1-11-6-8-14(9-7-11)21(19,20)18-13(3)15(5-4-10-16)12(2)17-18/h6-9H,4-5H2,1-3H3. The second-order valence-corrected chi connectivity index (χ2v) is 6.74. The maximum absolute atomic E-state index is 12.6. The molecule has 0 saturated carbocycles. The molecule has 0 radical (unpaired) electrons. The Hall–Kier alpha value is -2.13. The summed E-state index contributed by atoms with van der Waals surface area (Å²) in [4.78, 5) is 0.213. The number of aromatic nitrogens is 2. The maximum Gasteiger partial charge on any atom is 0.283 e. The van der Waals surface area contributed by atoms with E-state index in [4.69, 9.17) is 5.26 Å². The van der Waals surface area contributed by atoms with Gasteiger partial charge >= 0.3 is 0 Å². The Bertz CT molecular complexity index is 797. The minimum Gasteiger partial charge on any atom is -0.199 e. The zero-order chi connectivity index (χ0) is 15.6. The van der Waals surface area contributed by atoms with Crippen LogP contribution in [0, 0.1) is 32.1 Å². The number of hydrogen-bond donors (Lipinski definition) is 0. The summed E-state index contributed by atoms with van der Waals surface area (Å²) < 4.78 is 26.4. The van der Waals surface area contributed by atoms with Crippen LogP contribution in [0.4, 0.5) is 0 Å². The SMILES string of the molecule is Cc1ccc(S(=O)(=O)n2nc(C)c(CCC#N)c2C)cc1. The molecule has 1 aromatic heterocycles. The second kappa shape index (κ2) is 5.70. The van der Waals surface area contributed by atoms with Crippen molar-refractivity contribution in [2.24, 2.45) is 0 Å². The zero-order valence-electron chi connectivity index (χ0n) is 12.3. The highest BCUT2D eigenvalue weighted by atomic mass is 32.2. The Morgan fingerprint density at radius 1 is 1.19 bits per heavy atom. The number of nitriles is 1. The highest BCUT2D eigenvalue weighted by molar-refractivity contribution is 7.89. The molecule has 0 bridgehead atoms. The molecular formula is C15H17N3O2S. The van der Waals surface area contributed by atoms with E-state index in [2.05, 4.69) is 11.2 Å². The van der Waals surface area contributed by atoms with Crippen molar-refractivity contribution < 1.29 is 8.42 Å². The molecule has 2 aromatic rings. The molecule has 0 aliphatic rings. The second-order valence-electron chi connectivity index (χ2n) is 4.97. The van der Waals surface area contributed by atoms with Crippen LogP contribution in [0.5, 0.6) is 0 Å². The molecule has 5 nitrogen and oxygen atoms in total. The molecule has 0 fully saturated rings. The lowest BCUT2D eigenvalue weighted by atomic mass is 10.1. The molecule has 21 heavy (non-hydrogen) atoms. The van der Waals surface area contributed by atoms with Gasteiger partial charge in [0, 0.05) is 6.42 Å². The van der Waals surface area contributed by atoms with E-state index >= 15 is 0 Å². The lowest BCUT2D eigenvalue weighted by molar-refractivity contribution is 0.577. The fraction of sp³-hybridized carbons (Fsp3) is 0.333. The number of nitrogens with zero attached hydrogens (tertiary/aromatic N) is 3. The molecule has 0 aliphatic heterocycles. The van der Waals surface area contributed by atoms with Crippen LogP contribution in [0.15, 0.2) is 29.2 Å². The predicted molar refractivity (Wildman–Crippen MR) is 79.4 cm³/mol. The van der Waals surface area contributed by atoms with Gasteiger partial charge in [-0.25, -0.2) is 0 Å². The van der Waals surface area contributed by atoms with Crippen LogP contribution in [0.1, 0.15) is 28.9 Å². The van der Waals surface area contributed by atoms with Crippen molar-refractivity contribution in [3.63, 3.8) is 0 Å². The van der Waals surface area contributed by atoms with E-state index in [9.17, 15) is 8.42 Å². The minimum absolute atomic E-state index is 0.213. The fourth-order valence-corrected chi connectivity index (χ4v) is 3.62. The van der Waals surface area contributed by atoms with Gasteiger partial charge in [-0.15, -0.1) is 0 Å². The summed E-state index contributed by atoms with van der Waals surface area (Å²) >= 11 is 0. The summed E-state index contributed by atoms with van der Waals surface area (Å²) in [6.07, 6.45) is 0.857. The van der Waals surface area contributed by atoms with Gasteiger partial charge in [0.2, 0.25) is 0 Å². The normalized spacial score (nSPS) is 11.3. The van der Waals surface area contributed by atoms with E-state index in [1.165, 1.54) is 0 Å². The van der Waals surface area contributed by atoms with Gasteiger partial charge in [-0.2, -0.15) is 22.9 Å². The van der Waals surface area contributed by atoms with Gasteiger partial charge in [0.15, 0.2) is 0 Å². The number of hydrogen-bond acceptors (Lipinski definition) is 4. The van der Waals surface area contributed by atoms with Crippen LogP contribution in [0.2, 0.25) is 0 Å². The summed E-state index contributed by atoms with van der Waals surface area (Å²) in [5.74, 6) is 0. The lowest BCUT2D eigenvalue weighted by Gasteiger charge is -2.07. The Kier molecular flexibility index (Phi) is 4.14. The molecular weight excluding hydrogens is 286 g/mol. The van der Waals surface area contributed by atoms with E-state index < -0.39 is 10.0 Å². The number of benzene rings is 1. The average Bonchev–Trinajstić information content (AvgIpc) is 2.73. The van der Waals surface area contributed by atoms with Crippen molar-refractivity contribution in [3.05, 3.63) is 46.8 Å². The van der Waals surface area contributed by atoms with E-state index in [-0.39, 0.29) is 4.90 Å². The van der Waals surface area contributed by atoms with Crippen molar-refractivity contribution in [2.75, 3.05) is 0 Å². The first-order valence-electron chi connectivity index (χ1n) is 6.62. The Labute approximate surface area is 124 Å². The summed E-state index contributed by atoms with van der Waals surface area (Å²) in [5, 5.41) is 12.8. The van der Waals surface area contributed by atoms with Crippen molar-refractivity contribution in [3.8, 4) is 6.07 Å². The Morgan fingerprint density at radius 2 is 1.81 bits per heavy atom. The first-order valence-corrected chi connectivity index (χ1v) is 8.06.